The Kier molecular flexibility index (Phi) is 8.54. The van der Waals surface area contributed by atoms with Crippen molar-refractivity contribution in [1.82, 2.24) is 14.7 Å². The number of para-hydroxylation sites is 1. The Morgan fingerprint density at radius 1 is 0.975 bits per heavy atom. The predicted molar refractivity (Wildman–Crippen MR) is 155 cm³/mol. The fourth-order valence-electron chi connectivity index (χ4n) is 3.95. The van der Waals surface area contributed by atoms with Crippen LogP contribution in [0.1, 0.15) is 37.6 Å². The third-order valence-electron chi connectivity index (χ3n) is 6.13. The minimum atomic E-state index is -0.479. The van der Waals surface area contributed by atoms with Crippen LogP contribution in [-0.4, -0.2) is 38.0 Å². The molecule has 1 N–H and O–H groups in total. The average Bonchev–Trinajstić information content (AvgIpc) is 3.37. The van der Waals surface area contributed by atoms with E-state index in [0.29, 0.717) is 11.4 Å². The molecule has 0 fully saturated rings. The summed E-state index contributed by atoms with van der Waals surface area (Å²) in [6.45, 7) is 6.18. The number of non-ortho nitro benzene ring substituents is 1. The minimum Gasteiger partial charge on any atom is -0.326 e. The topological polar surface area (TPSA) is 110 Å². The molecule has 1 aromatic heterocycles. The quantitative estimate of drug-likeness (QED) is 0.166. The summed E-state index contributed by atoms with van der Waals surface area (Å²) in [5, 5.41) is 18.6. The first kappa shape index (κ1) is 28.0. The maximum absolute atomic E-state index is 13.3. The maximum atomic E-state index is 13.3. The first-order valence-electron chi connectivity index (χ1n) is 12.8. The Morgan fingerprint density at radius 3 is 2.20 bits per heavy atom. The van der Waals surface area contributed by atoms with Crippen molar-refractivity contribution in [2.75, 3.05) is 11.9 Å². The second-order valence-electron chi connectivity index (χ2n) is 10.3. The van der Waals surface area contributed by atoms with Gasteiger partial charge in [0.05, 0.1) is 16.3 Å². The lowest BCUT2D eigenvalue weighted by atomic mass is 9.92. The van der Waals surface area contributed by atoms with E-state index in [-0.39, 0.29) is 36.0 Å². The zero-order chi connectivity index (χ0) is 28.7. The highest BCUT2D eigenvalue weighted by Gasteiger charge is 2.23. The third-order valence-corrected chi connectivity index (χ3v) is 6.13. The number of amides is 2. The predicted octanol–water partition coefficient (Wildman–Crippen LogP) is 5.76. The van der Waals surface area contributed by atoms with Crippen LogP contribution in [0.2, 0.25) is 0 Å². The molecular weight excluding hydrogens is 506 g/mol. The molecule has 9 nitrogen and oxygen atoms in total. The highest BCUT2D eigenvalue weighted by atomic mass is 16.6. The molecular formula is C31H31N5O4. The number of aromatic nitrogens is 2. The summed E-state index contributed by atoms with van der Waals surface area (Å²) in [7, 11) is 0. The molecule has 0 unspecified atom stereocenters. The molecule has 0 aliphatic heterocycles. The summed E-state index contributed by atoms with van der Waals surface area (Å²) >= 11 is 0. The lowest BCUT2D eigenvalue weighted by Gasteiger charge is -2.21. The molecule has 0 bridgehead atoms. The van der Waals surface area contributed by atoms with E-state index in [1.807, 2.05) is 87.5 Å². The van der Waals surface area contributed by atoms with Gasteiger partial charge in [-0.1, -0.05) is 69.3 Å². The number of nitrogens with one attached hydrogen (secondary N) is 1. The zero-order valence-electron chi connectivity index (χ0n) is 22.7. The van der Waals surface area contributed by atoms with Crippen LogP contribution in [0.15, 0.2) is 97.1 Å². The molecule has 0 aliphatic rings. The van der Waals surface area contributed by atoms with Gasteiger partial charge in [0.1, 0.15) is 12.4 Å². The van der Waals surface area contributed by atoms with Gasteiger partial charge >= 0.3 is 0 Å². The average molecular weight is 538 g/mol. The van der Waals surface area contributed by atoms with Crippen molar-refractivity contribution in [3.05, 3.63) is 124 Å². The summed E-state index contributed by atoms with van der Waals surface area (Å²) in [6, 6.07) is 26.7. The van der Waals surface area contributed by atoms with Crippen LogP contribution in [0.4, 0.5) is 11.5 Å². The van der Waals surface area contributed by atoms with Crippen molar-refractivity contribution in [3.63, 3.8) is 0 Å². The fraction of sp³-hybridized carbons (Fsp3) is 0.194. The number of anilines is 1. The second-order valence-corrected chi connectivity index (χ2v) is 10.3. The molecule has 40 heavy (non-hydrogen) atoms. The molecule has 1 heterocycles. The molecule has 0 aliphatic carbocycles. The molecule has 2 amide bonds. The summed E-state index contributed by atoms with van der Waals surface area (Å²) in [6.07, 6.45) is 2.94. The van der Waals surface area contributed by atoms with Crippen molar-refractivity contribution in [2.24, 2.45) is 0 Å². The SMILES string of the molecule is CC(C)(C)c1cc(NC(=O)CN(Cc2ccccc2)C(=O)C=Cc2ccc([N+](=O)[O-])cc2)n(-c2ccccc2)n1. The monoisotopic (exact) mass is 537 g/mol. The van der Waals surface area contributed by atoms with Crippen LogP contribution in [0, 0.1) is 10.1 Å². The highest BCUT2D eigenvalue weighted by Crippen LogP contribution is 2.26. The lowest BCUT2D eigenvalue weighted by Crippen LogP contribution is -2.37. The summed E-state index contributed by atoms with van der Waals surface area (Å²) < 4.78 is 1.69. The zero-order valence-corrected chi connectivity index (χ0v) is 22.7. The maximum Gasteiger partial charge on any atom is 0.269 e. The Morgan fingerprint density at radius 2 is 1.60 bits per heavy atom. The number of nitro groups is 1. The molecule has 4 rings (SSSR count). The van der Waals surface area contributed by atoms with Crippen LogP contribution in [0.3, 0.4) is 0 Å². The van der Waals surface area contributed by atoms with Crippen LogP contribution in [0.25, 0.3) is 11.8 Å². The Balaban J connectivity index is 1.55. The third kappa shape index (κ3) is 7.28. The van der Waals surface area contributed by atoms with Gasteiger partial charge in [-0.15, -0.1) is 0 Å². The summed E-state index contributed by atoms with van der Waals surface area (Å²) in [5.74, 6) is -0.232. The molecule has 0 atom stereocenters. The molecule has 3 aromatic carbocycles. The Hall–Kier alpha value is -5.05. The second kappa shape index (κ2) is 12.2. The van der Waals surface area contributed by atoms with Gasteiger partial charge in [0.2, 0.25) is 11.8 Å². The lowest BCUT2D eigenvalue weighted by molar-refractivity contribution is -0.384. The first-order chi connectivity index (χ1) is 19.1. The molecule has 9 heteroatoms. The number of benzene rings is 3. The van der Waals surface area contributed by atoms with Crippen molar-refractivity contribution < 1.29 is 14.5 Å². The van der Waals surface area contributed by atoms with Crippen molar-refractivity contribution in [2.45, 2.75) is 32.7 Å². The highest BCUT2D eigenvalue weighted by molar-refractivity contribution is 5.97. The standard InChI is InChI=1S/C31H31N5O4/c1-31(2,3)27-20-28(35(33-27)25-12-8-5-9-13-25)32-29(37)22-34(21-24-10-6-4-7-11-24)30(38)19-16-23-14-17-26(18-15-23)36(39)40/h4-20H,21-22H2,1-3H3,(H,32,37). The van der Waals surface area contributed by atoms with Crippen molar-refractivity contribution in [1.29, 1.82) is 0 Å². The van der Waals surface area contributed by atoms with Crippen LogP contribution in [0.5, 0.6) is 0 Å². The number of carbonyl (C=O) groups excluding carboxylic acids is 2. The van der Waals surface area contributed by atoms with Crippen LogP contribution in [-0.2, 0) is 21.5 Å². The van der Waals surface area contributed by atoms with Gasteiger partial charge in [0.25, 0.3) is 5.69 Å². The van der Waals surface area contributed by atoms with E-state index in [1.54, 1.807) is 22.9 Å². The molecule has 204 valence electrons. The number of rotatable bonds is 9. The number of nitro benzene ring substituents is 1. The summed E-state index contributed by atoms with van der Waals surface area (Å²) in [5.41, 5.74) is 2.85. The van der Waals surface area contributed by atoms with Gasteiger partial charge < -0.3 is 10.2 Å². The number of hydrogen-bond acceptors (Lipinski definition) is 5. The van der Waals surface area contributed by atoms with Gasteiger partial charge in [0.15, 0.2) is 0 Å². The van der Waals surface area contributed by atoms with E-state index in [2.05, 4.69) is 5.32 Å². The van der Waals surface area contributed by atoms with Gasteiger partial charge in [-0.3, -0.25) is 19.7 Å². The van der Waals surface area contributed by atoms with Crippen LogP contribution >= 0.6 is 0 Å². The minimum absolute atomic E-state index is 0.0322. The van der Waals surface area contributed by atoms with Crippen molar-refractivity contribution in [3.8, 4) is 5.69 Å². The van der Waals surface area contributed by atoms with E-state index in [4.69, 9.17) is 5.10 Å². The van der Waals surface area contributed by atoms with E-state index in [1.165, 1.54) is 23.1 Å². The molecule has 0 radical (unpaired) electrons. The molecule has 4 aromatic rings. The van der Waals surface area contributed by atoms with Gasteiger partial charge in [-0.2, -0.15) is 5.10 Å². The van der Waals surface area contributed by atoms with E-state index in [0.717, 1.165) is 16.9 Å². The van der Waals surface area contributed by atoms with E-state index < -0.39 is 4.92 Å². The Labute approximate surface area is 232 Å². The van der Waals surface area contributed by atoms with Crippen LogP contribution < -0.4 is 5.32 Å². The smallest absolute Gasteiger partial charge is 0.269 e. The normalized spacial score (nSPS) is 11.4. The van der Waals surface area contributed by atoms with Crippen molar-refractivity contribution >= 4 is 29.4 Å². The number of nitrogens with zero attached hydrogens (tertiary/aromatic N) is 4. The number of carbonyl (C=O) groups is 2. The molecule has 0 spiro atoms. The van der Waals surface area contributed by atoms with Gasteiger partial charge in [-0.05, 0) is 41.5 Å². The van der Waals surface area contributed by atoms with Gasteiger partial charge in [0, 0.05) is 36.2 Å². The Bertz CT molecular complexity index is 1510. The van der Waals surface area contributed by atoms with E-state index >= 15 is 0 Å². The summed E-state index contributed by atoms with van der Waals surface area (Å²) in [4.78, 5) is 38.4. The van der Waals surface area contributed by atoms with Gasteiger partial charge in [-0.25, -0.2) is 4.68 Å². The molecule has 0 saturated heterocycles. The van der Waals surface area contributed by atoms with E-state index in [9.17, 15) is 19.7 Å². The first-order valence-corrected chi connectivity index (χ1v) is 12.8. The number of hydrogen-bond donors (Lipinski definition) is 1. The molecule has 0 saturated carbocycles. The largest absolute Gasteiger partial charge is 0.326 e. The fourth-order valence-corrected chi connectivity index (χ4v) is 3.95.